The van der Waals surface area contributed by atoms with Gasteiger partial charge in [0.05, 0.1) is 9.82 Å². The zero-order chi connectivity index (χ0) is 10.8. The largest absolute Gasteiger partial charge is 0.269 e. The third-order valence-electron chi connectivity index (χ3n) is 1.48. The highest BCUT2D eigenvalue weighted by atomic mass is 32.2. The molecular formula is C7H4N2O4S. The van der Waals surface area contributed by atoms with Gasteiger partial charge in [-0.25, -0.2) is 8.42 Å². The van der Waals surface area contributed by atoms with Crippen LogP contribution in [0.25, 0.3) is 0 Å². The summed E-state index contributed by atoms with van der Waals surface area (Å²) in [4.78, 5) is 9.33. The first-order valence-electron chi connectivity index (χ1n) is 3.38. The van der Waals surface area contributed by atoms with Crippen molar-refractivity contribution in [1.82, 2.24) is 0 Å². The summed E-state index contributed by atoms with van der Waals surface area (Å²) in [6, 6.07) is 4.11. The van der Waals surface area contributed by atoms with E-state index < -0.39 is 14.8 Å². The predicted octanol–water partition coefficient (Wildman–Crippen LogP) is 0.850. The zero-order valence-electron chi connectivity index (χ0n) is 6.75. The van der Waals surface area contributed by atoms with E-state index in [2.05, 4.69) is 0 Å². The molecule has 0 saturated heterocycles. The van der Waals surface area contributed by atoms with Crippen molar-refractivity contribution in [1.29, 1.82) is 5.26 Å². The molecule has 0 heterocycles. The maximum absolute atomic E-state index is 11.0. The van der Waals surface area contributed by atoms with Gasteiger partial charge in [-0.2, -0.15) is 5.26 Å². The van der Waals surface area contributed by atoms with Crippen molar-refractivity contribution in [2.75, 3.05) is 0 Å². The van der Waals surface area contributed by atoms with Crippen molar-refractivity contribution in [3.8, 4) is 5.40 Å². The lowest BCUT2D eigenvalue weighted by Gasteiger charge is -1.94. The molecule has 0 unspecified atom stereocenters. The van der Waals surface area contributed by atoms with E-state index in [1.807, 2.05) is 0 Å². The molecule has 0 atom stereocenters. The predicted molar refractivity (Wildman–Crippen MR) is 45.9 cm³/mol. The van der Waals surface area contributed by atoms with Gasteiger partial charge in [-0.15, -0.1) is 0 Å². The second kappa shape index (κ2) is 3.43. The summed E-state index contributed by atoms with van der Waals surface area (Å²) in [7, 11) is -3.96. The fourth-order valence-electron chi connectivity index (χ4n) is 0.800. The molecule has 0 bridgehead atoms. The van der Waals surface area contributed by atoms with E-state index in [-0.39, 0.29) is 10.6 Å². The minimum absolute atomic E-state index is 0.220. The molecule has 0 amide bonds. The minimum Gasteiger partial charge on any atom is -0.258 e. The number of benzene rings is 1. The highest BCUT2D eigenvalue weighted by molar-refractivity contribution is 7.95. The molecule has 1 aromatic rings. The van der Waals surface area contributed by atoms with Crippen LogP contribution in [-0.4, -0.2) is 13.3 Å². The van der Waals surface area contributed by atoms with Crippen LogP contribution in [0.4, 0.5) is 5.69 Å². The van der Waals surface area contributed by atoms with Crippen molar-refractivity contribution < 1.29 is 13.3 Å². The van der Waals surface area contributed by atoms with E-state index in [1.54, 1.807) is 0 Å². The summed E-state index contributed by atoms with van der Waals surface area (Å²) in [5.41, 5.74) is -0.220. The Morgan fingerprint density at radius 1 is 1.29 bits per heavy atom. The Hall–Kier alpha value is -1.94. The fourth-order valence-corrected chi connectivity index (χ4v) is 1.40. The fraction of sp³-hybridized carbons (Fsp3) is 0. The van der Waals surface area contributed by atoms with Crippen LogP contribution in [0.15, 0.2) is 29.2 Å². The van der Waals surface area contributed by atoms with Crippen LogP contribution < -0.4 is 0 Å². The summed E-state index contributed by atoms with van der Waals surface area (Å²) in [5, 5.41) is 19.6. The Morgan fingerprint density at radius 3 is 2.14 bits per heavy atom. The second-order valence-electron chi connectivity index (χ2n) is 2.35. The molecule has 72 valence electrons. The Bertz CT molecular complexity index is 497. The molecule has 0 radical (unpaired) electrons. The molecule has 0 saturated carbocycles. The number of nitro groups is 1. The first kappa shape index (κ1) is 10.1. The van der Waals surface area contributed by atoms with Crippen LogP contribution in [0, 0.1) is 20.8 Å². The van der Waals surface area contributed by atoms with Crippen LogP contribution >= 0.6 is 0 Å². The summed E-state index contributed by atoms with van der Waals surface area (Å²) in [6.45, 7) is 0. The molecule has 0 aliphatic heterocycles. The van der Waals surface area contributed by atoms with Crippen molar-refractivity contribution >= 4 is 15.5 Å². The van der Waals surface area contributed by atoms with E-state index in [1.165, 1.54) is 0 Å². The van der Waals surface area contributed by atoms with Gasteiger partial charge in [0, 0.05) is 12.1 Å². The lowest BCUT2D eigenvalue weighted by molar-refractivity contribution is -0.384. The molecule has 0 aliphatic rings. The summed E-state index contributed by atoms with van der Waals surface area (Å²) in [6.07, 6.45) is 0. The van der Waals surface area contributed by atoms with E-state index in [0.717, 1.165) is 29.7 Å². The number of rotatable bonds is 2. The highest BCUT2D eigenvalue weighted by Gasteiger charge is 2.14. The first-order valence-corrected chi connectivity index (χ1v) is 4.86. The van der Waals surface area contributed by atoms with Crippen molar-refractivity contribution in [3.05, 3.63) is 34.4 Å². The number of nitro benzene ring substituents is 1. The number of hydrogen-bond donors (Lipinski definition) is 0. The second-order valence-corrected chi connectivity index (χ2v) is 4.01. The van der Waals surface area contributed by atoms with E-state index in [9.17, 15) is 18.5 Å². The van der Waals surface area contributed by atoms with Gasteiger partial charge in [0.1, 0.15) is 0 Å². The standard InChI is InChI=1S/C7H4N2O4S/c8-5-14(12,13)7-3-1-6(2-4-7)9(10)11/h1-4H. The van der Waals surface area contributed by atoms with Gasteiger partial charge in [0.2, 0.25) is 0 Å². The average Bonchev–Trinajstić information content (AvgIpc) is 2.18. The summed E-state index contributed by atoms with van der Waals surface area (Å²) in [5.74, 6) is 0. The summed E-state index contributed by atoms with van der Waals surface area (Å²) >= 11 is 0. The van der Waals surface area contributed by atoms with Gasteiger partial charge < -0.3 is 0 Å². The smallest absolute Gasteiger partial charge is 0.258 e. The molecular weight excluding hydrogens is 208 g/mol. The molecule has 1 rings (SSSR count). The van der Waals surface area contributed by atoms with Crippen LogP contribution in [0.5, 0.6) is 0 Å². The summed E-state index contributed by atoms with van der Waals surface area (Å²) < 4.78 is 21.9. The SMILES string of the molecule is N#CS(=O)(=O)c1ccc([N+](=O)[O-])cc1. The quantitative estimate of drug-likeness (QED) is 0.313. The third kappa shape index (κ3) is 1.86. The van der Waals surface area contributed by atoms with Gasteiger partial charge in [-0.3, -0.25) is 10.1 Å². The van der Waals surface area contributed by atoms with Crippen molar-refractivity contribution in [2.45, 2.75) is 4.90 Å². The van der Waals surface area contributed by atoms with Crippen LogP contribution in [0.2, 0.25) is 0 Å². The number of non-ortho nitro benzene ring substituents is 1. The normalized spacial score (nSPS) is 10.5. The number of nitrogens with zero attached hydrogens (tertiary/aromatic N) is 2. The lowest BCUT2D eigenvalue weighted by Crippen LogP contribution is -1.96. The molecule has 14 heavy (non-hydrogen) atoms. The third-order valence-corrected chi connectivity index (χ3v) is 2.61. The Balaban J connectivity index is 3.21. The van der Waals surface area contributed by atoms with Crippen LogP contribution in [0.3, 0.4) is 0 Å². The lowest BCUT2D eigenvalue weighted by atomic mass is 10.3. The Morgan fingerprint density at radius 2 is 1.79 bits per heavy atom. The molecule has 6 nitrogen and oxygen atoms in total. The van der Waals surface area contributed by atoms with Gasteiger partial charge in [0.15, 0.2) is 5.40 Å². The number of thiocyanates is 1. The van der Waals surface area contributed by atoms with E-state index in [0.29, 0.717) is 0 Å². The topological polar surface area (TPSA) is 101 Å². The molecule has 1 aromatic carbocycles. The van der Waals surface area contributed by atoms with Crippen LogP contribution in [0.1, 0.15) is 0 Å². The Kier molecular flexibility index (Phi) is 2.49. The van der Waals surface area contributed by atoms with Gasteiger partial charge in [-0.1, -0.05) is 0 Å². The molecule has 0 N–H and O–H groups in total. The maximum atomic E-state index is 11.0. The van der Waals surface area contributed by atoms with Gasteiger partial charge >= 0.3 is 0 Å². The maximum Gasteiger partial charge on any atom is 0.269 e. The zero-order valence-corrected chi connectivity index (χ0v) is 7.56. The monoisotopic (exact) mass is 212 g/mol. The van der Waals surface area contributed by atoms with E-state index >= 15 is 0 Å². The Labute approximate surface area is 79.5 Å². The van der Waals surface area contributed by atoms with Crippen molar-refractivity contribution in [2.24, 2.45) is 0 Å². The average molecular weight is 212 g/mol. The molecule has 0 spiro atoms. The number of hydrogen-bond acceptors (Lipinski definition) is 5. The van der Waals surface area contributed by atoms with Gasteiger partial charge in [-0.05, 0) is 12.1 Å². The molecule has 0 aliphatic carbocycles. The van der Waals surface area contributed by atoms with E-state index in [4.69, 9.17) is 5.26 Å². The molecule has 0 aromatic heterocycles. The molecule has 7 heteroatoms. The number of nitriles is 1. The highest BCUT2D eigenvalue weighted by Crippen LogP contribution is 2.15. The minimum atomic E-state index is -3.96. The van der Waals surface area contributed by atoms with Crippen molar-refractivity contribution in [3.63, 3.8) is 0 Å². The molecule has 0 fully saturated rings. The van der Waals surface area contributed by atoms with Crippen LogP contribution in [-0.2, 0) is 9.84 Å². The first-order chi connectivity index (χ1) is 6.47. The van der Waals surface area contributed by atoms with Gasteiger partial charge in [0.25, 0.3) is 15.5 Å². The number of sulfone groups is 1.